The Bertz CT molecular complexity index is 894. The Kier molecular flexibility index (Phi) is 4.47. The number of benzene rings is 2. The number of nitriles is 1. The fourth-order valence-corrected chi connectivity index (χ4v) is 2.83. The summed E-state index contributed by atoms with van der Waals surface area (Å²) in [6.07, 6.45) is 0. The minimum Gasteiger partial charge on any atom is -0.252 e. The van der Waals surface area contributed by atoms with Crippen molar-refractivity contribution in [3.63, 3.8) is 0 Å². The van der Waals surface area contributed by atoms with Gasteiger partial charge in [0.1, 0.15) is 6.07 Å². The van der Waals surface area contributed by atoms with E-state index in [1.54, 1.807) is 0 Å². The van der Waals surface area contributed by atoms with Crippen molar-refractivity contribution in [3.8, 4) is 28.5 Å². The molecule has 0 amide bonds. The molecule has 1 heterocycles. The van der Waals surface area contributed by atoms with Gasteiger partial charge in [-0.15, -0.1) is 0 Å². The summed E-state index contributed by atoms with van der Waals surface area (Å²) >= 11 is 9.40. The third kappa shape index (κ3) is 3.29. The van der Waals surface area contributed by atoms with Gasteiger partial charge in [0.25, 0.3) is 0 Å². The molecule has 1 aromatic heterocycles. The Morgan fingerprint density at radius 2 is 1.61 bits per heavy atom. The van der Waals surface area contributed by atoms with Crippen LogP contribution in [0.3, 0.4) is 0 Å². The van der Waals surface area contributed by atoms with Gasteiger partial charge in [-0.05, 0) is 42.8 Å². The molecule has 3 aromatic rings. The van der Waals surface area contributed by atoms with E-state index >= 15 is 0 Å². The van der Waals surface area contributed by atoms with Crippen LogP contribution in [0, 0.1) is 18.3 Å². The highest BCUT2D eigenvalue weighted by molar-refractivity contribution is 9.10. The molecule has 0 atom stereocenters. The van der Waals surface area contributed by atoms with Crippen LogP contribution in [0.2, 0.25) is 5.02 Å². The van der Waals surface area contributed by atoms with Crippen LogP contribution in [0.25, 0.3) is 22.4 Å². The lowest BCUT2D eigenvalue weighted by Crippen LogP contribution is -1.96. The van der Waals surface area contributed by atoms with Crippen molar-refractivity contribution in [2.45, 2.75) is 6.92 Å². The molecule has 4 heteroatoms. The standard InChI is InChI=1S/C19H12BrClN2/c1-12-18(11-22)17(13-4-8-16(21)9-5-13)10-19(23-12)14-2-6-15(20)7-3-14/h2-10H,1H3. The van der Waals surface area contributed by atoms with Crippen molar-refractivity contribution in [2.24, 2.45) is 0 Å². The molecule has 112 valence electrons. The van der Waals surface area contributed by atoms with Gasteiger partial charge in [-0.3, -0.25) is 4.98 Å². The maximum absolute atomic E-state index is 9.49. The molecule has 2 aromatic carbocycles. The van der Waals surface area contributed by atoms with Crippen molar-refractivity contribution in [3.05, 3.63) is 75.4 Å². The van der Waals surface area contributed by atoms with E-state index in [1.807, 2.05) is 61.5 Å². The molecular formula is C19H12BrClN2. The van der Waals surface area contributed by atoms with Gasteiger partial charge in [0, 0.05) is 20.6 Å². The van der Waals surface area contributed by atoms with E-state index in [1.165, 1.54) is 0 Å². The van der Waals surface area contributed by atoms with Crippen molar-refractivity contribution in [2.75, 3.05) is 0 Å². The minimum absolute atomic E-state index is 0.591. The average molecular weight is 384 g/mol. The van der Waals surface area contributed by atoms with Gasteiger partial charge in [-0.25, -0.2) is 0 Å². The van der Waals surface area contributed by atoms with Crippen molar-refractivity contribution in [1.82, 2.24) is 4.98 Å². The summed E-state index contributed by atoms with van der Waals surface area (Å²) in [6, 6.07) is 19.7. The van der Waals surface area contributed by atoms with Crippen LogP contribution in [0.5, 0.6) is 0 Å². The minimum atomic E-state index is 0.591. The van der Waals surface area contributed by atoms with Gasteiger partial charge in [0.05, 0.1) is 17.0 Å². The first-order chi connectivity index (χ1) is 11.1. The molecule has 3 rings (SSSR count). The highest BCUT2D eigenvalue weighted by Gasteiger charge is 2.12. The smallest absolute Gasteiger partial charge is 0.102 e. The maximum atomic E-state index is 9.49. The highest BCUT2D eigenvalue weighted by Crippen LogP contribution is 2.31. The maximum Gasteiger partial charge on any atom is 0.102 e. The van der Waals surface area contributed by atoms with Gasteiger partial charge in [0.2, 0.25) is 0 Å². The lowest BCUT2D eigenvalue weighted by Gasteiger charge is -2.11. The third-order valence-corrected chi connectivity index (χ3v) is 4.39. The molecular weight excluding hydrogens is 372 g/mol. The average Bonchev–Trinajstić information content (AvgIpc) is 2.55. The molecule has 23 heavy (non-hydrogen) atoms. The summed E-state index contributed by atoms with van der Waals surface area (Å²) < 4.78 is 1.02. The van der Waals surface area contributed by atoms with Gasteiger partial charge < -0.3 is 0 Å². The number of hydrogen-bond acceptors (Lipinski definition) is 2. The molecule has 0 unspecified atom stereocenters. The SMILES string of the molecule is Cc1nc(-c2ccc(Br)cc2)cc(-c2ccc(Cl)cc2)c1C#N. The summed E-state index contributed by atoms with van der Waals surface area (Å²) in [5, 5.41) is 10.2. The first kappa shape index (κ1) is 15.7. The van der Waals surface area contributed by atoms with Gasteiger partial charge in [-0.2, -0.15) is 5.26 Å². The van der Waals surface area contributed by atoms with Crippen molar-refractivity contribution in [1.29, 1.82) is 5.26 Å². The second-order valence-electron chi connectivity index (χ2n) is 5.14. The molecule has 0 aliphatic rings. The van der Waals surface area contributed by atoms with Crippen LogP contribution in [-0.2, 0) is 0 Å². The van der Waals surface area contributed by atoms with Crippen molar-refractivity contribution >= 4 is 27.5 Å². The van der Waals surface area contributed by atoms with E-state index in [2.05, 4.69) is 27.0 Å². The van der Waals surface area contributed by atoms with Crippen LogP contribution in [0.15, 0.2) is 59.1 Å². The first-order valence-electron chi connectivity index (χ1n) is 7.02. The molecule has 0 aliphatic heterocycles. The Hall–Kier alpha value is -2.15. The molecule has 0 N–H and O–H groups in total. The quantitative estimate of drug-likeness (QED) is 0.543. The van der Waals surface area contributed by atoms with Crippen LogP contribution in [0.1, 0.15) is 11.3 Å². The molecule has 0 fully saturated rings. The van der Waals surface area contributed by atoms with Crippen LogP contribution in [0.4, 0.5) is 0 Å². The van der Waals surface area contributed by atoms with Gasteiger partial charge >= 0.3 is 0 Å². The van der Waals surface area contributed by atoms with Gasteiger partial charge in [0.15, 0.2) is 0 Å². The normalized spacial score (nSPS) is 10.3. The zero-order valence-electron chi connectivity index (χ0n) is 12.3. The Morgan fingerprint density at radius 3 is 2.22 bits per heavy atom. The van der Waals surface area contributed by atoms with Crippen LogP contribution >= 0.6 is 27.5 Å². The third-order valence-electron chi connectivity index (χ3n) is 3.61. The van der Waals surface area contributed by atoms with E-state index in [4.69, 9.17) is 11.6 Å². The number of aromatic nitrogens is 1. The number of pyridine rings is 1. The zero-order chi connectivity index (χ0) is 16.4. The highest BCUT2D eigenvalue weighted by atomic mass is 79.9. The monoisotopic (exact) mass is 382 g/mol. The fraction of sp³-hybridized carbons (Fsp3) is 0.0526. The summed E-state index contributed by atoms with van der Waals surface area (Å²) in [5.74, 6) is 0. The lowest BCUT2D eigenvalue weighted by molar-refractivity contribution is 1.18. The molecule has 2 nitrogen and oxygen atoms in total. The van der Waals surface area contributed by atoms with Crippen LogP contribution in [-0.4, -0.2) is 4.98 Å². The van der Waals surface area contributed by atoms with E-state index in [-0.39, 0.29) is 0 Å². The summed E-state index contributed by atoms with van der Waals surface area (Å²) in [5.41, 5.74) is 4.99. The van der Waals surface area contributed by atoms with Gasteiger partial charge in [-0.1, -0.05) is 51.8 Å². The molecule has 0 saturated heterocycles. The van der Waals surface area contributed by atoms with E-state index in [0.29, 0.717) is 10.6 Å². The molecule has 0 spiro atoms. The number of aryl methyl sites for hydroxylation is 1. The molecule has 0 bridgehead atoms. The van der Waals surface area contributed by atoms with E-state index < -0.39 is 0 Å². The lowest BCUT2D eigenvalue weighted by atomic mass is 9.97. The predicted octanol–water partition coefficient (Wildman–Crippen LogP) is 6.01. The number of hydrogen-bond donors (Lipinski definition) is 0. The Morgan fingerprint density at radius 1 is 1.00 bits per heavy atom. The molecule has 0 saturated carbocycles. The number of nitrogens with zero attached hydrogens (tertiary/aromatic N) is 2. The number of halogens is 2. The zero-order valence-corrected chi connectivity index (χ0v) is 14.7. The largest absolute Gasteiger partial charge is 0.252 e. The topological polar surface area (TPSA) is 36.7 Å². The second kappa shape index (κ2) is 6.54. The molecule has 0 radical (unpaired) electrons. The molecule has 0 aliphatic carbocycles. The Balaban J connectivity index is 2.20. The van der Waals surface area contributed by atoms with E-state index in [9.17, 15) is 5.26 Å². The number of rotatable bonds is 2. The van der Waals surface area contributed by atoms with Crippen LogP contribution < -0.4 is 0 Å². The van der Waals surface area contributed by atoms with E-state index in [0.717, 1.165) is 32.6 Å². The predicted molar refractivity (Wildman–Crippen MR) is 97.3 cm³/mol. The second-order valence-corrected chi connectivity index (χ2v) is 6.49. The summed E-state index contributed by atoms with van der Waals surface area (Å²) in [4.78, 5) is 4.58. The van der Waals surface area contributed by atoms with Crippen molar-refractivity contribution < 1.29 is 0 Å². The summed E-state index contributed by atoms with van der Waals surface area (Å²) in [6.45, 7) is 1.86. The summed E-state index contributed by atoms with van der Waals surface area (Å²) in [7, 11) is 0. The fourth-order valence-electron chi connectivity index (χ4n) is 2.44. The first-order valence-corrected chi connectivity index (χ1v) is 8.19. The Labute approximate surface area is 148 Å².